The third kappa shape index (κ3) is 4.27. The fraction of sp³-hybridized carbons (Fsp3) is 0.722. The van der Waals surface area contributed by atoms with E-state index in [9.17, 15) is 4.79 Å². The van der Waals surface area contributed by atoms with Crippen LogP contribution in [0, 0.1) is 6.92 Å². The number of aryl methyl sites for hydroxylation is 1. The number of ether oxygens (including phenoxy) is 1. The average molecular weight is 347 g/mol. The van der Waals surface area contributed by atoms with Crippen LogP contribution in [-0.4, -0.2) is 71.1 Å². The first-order valence-corrected chi connectivity index (χ1v) is 9.26. The summed E-state index contributed by atoms with van der Waals surface area (Å²) in [5.41, 5.74) is 2.15. The molecule has 1 aromatic rings. The summed E-state index contributed by atoms with van der Waals surface area (Å²) in [6.07, 6.45) is 1.91. The van der Waals surface area contributed by atoms with E-state index in [1.54, 1.807) is 6.92 Å². The smallest absolute Gasteiger partial charge is 0.219 e. The Morgan fingerprint density at radius 3 is 2.72 bits per heavy atom. The molecule has 0 radical (unpaired) electrons. The average Bonchev–Trinajstić information content (AvgIpc) is 2.62. The van der Waals surface area contributed by atoms with Gasteiger partial charge in [0, 0.05) is 44.7 Å². The van der Waals surface area contributed by atoms with Gasteiger partial charge in [-0.2, -0.15) is 0 Å². The van der Waals surface area contributed by atoms with Crippen LogP contribution in [0.15, 0.2) is 0 Å². The molecule has 0 aliphatic carbocycles. The van der Waals surface area contributed by atoms with Crippen molar-refractivity contribution in [1.82, 2.24) is 19.8 Å². The minimum atomic E-state index is 0.106. The molecule has 1 amide bonds. The van der Waals surface area contributed by atoms with Gasteiger partial charge in [0.1, 0.15) is 11.6 Å². The largest absolute Gasteiger partial charge is 0.379 e. The first-order chi connectivity index (χ1) is 12.1. The van der Waals surface area contributed by atoms with Crippen molar-refractivity contribution in [2.24, 2.45) is 0 Å². The minimum absolute atomic E-state index is 0.106. The van der Waals surface area contributed by atoms with Gasteiger partial charge in [0.05, 0.1) is 25.5 Å². The van der Waals surface area contributed by atoms with Gasteiger partial charge in [-0.3, -0.25) is 9.69 Å². The van der Waals surface area contributed by atoms with E-state index >= 15 is 0 Å². The molecule has 1 aromatic heterocycles. The second-order valence-corrected chi connectivity index (χ2v) is 6.83. The highest BCUT2D eigenvalue weighted by molar-refractivity contribution is 5.73. The number of amides is 1. The normalized spacial score (nSPS) is 19.4. The second kappa shape index (κ2) is 8.10. The topological polar surface area (TPSA) is 70.6 Å². The zero-order valence-electron chi connectivity index (χ0n) is 15.5. The molecule has 138 valence electrons. The fourth-order valence-corrected chi connectivity index (χ4v) is 3.66. The number of fused-ring (bicyclic) bond motifs is 1. The number of aromatic nitrogens is 2. The number of hydrogen-bond acceptors (Lipinski definition) is 6. The summed E-state index contributed by atoms with van der Waals surface area (Å²) in [5, 5.41) is 3.57. The molecule has 0 bridgehead atoms. The number of morpholine rings is 1. The predicted molar refractivity (Wildman–Crippen MR) is 96.5 cm³/mol. The Labute approximate surface area is 149 Å². The van der Waals surface area contributed by atoms with E-state index in [4.69, 9.17) is 4.74 Å². The lowest BCUT2D eigenvalue weighted by Crippen LogP contribution is -2.46. The van der Waals surface area contributed by atoms with Gasteiger partial charge in [0.25, 0.3) is 0 Å². The first kappa shape index (κ1) is 18.1. The third-order valence-corrected chi connectivity index (χ3v) is 5.16. The van der Waals surface area contributed by atoms with Crippen molar-refractivity contribution < 1.29 is 9.53 Å². The number of nitrogens with one attached hydrogen (secondary N) is 1. The van der Waals surface area contributed by atoms with E-state index < -0.39 is 0 Å². The second-order valence-electron chi connectivity index (χ2n) is 6.83. The molecule has 1 N–H and O–H groups in total. The Bertz CT molecular complexity index is 616. The maximum atomic E-state index is 11.7. The summed E-state index contributed by atoms with van der Waals surface area (Å²) >= 11 is 0. The van der Waals surface area contributed by atoms with Crippen LogP contribution in [0.4, 0.5) is 5.82 Å². The molecular formula is C18H29N5O2. The van der Waals surface area contributed by atoms with Gasteiger partial charge in [-0.1, -0.05) is 6.92 Å². The molecule has 0 spiro atoms. The van der Waals surface area contributed by atoms with Crippen molar-refractivity contribution in [2.45, 2.75) is 46.2 Å². The molecule has 3 heterocycles. The predicted octanol–water partition coefficient (Wildman–Crippen LogP) is 1.21. The van der Waals surface area contributed by atoms with Gasteiger partial charge in [0.2, 0.25) is 5.91 Å². The monoisotopic (exact) mass is 347 g/mol. The summed E-state index contributed by atoms with van der Waals surface area (Å²) in [6.45, 7) is 11.6. The van der Waals surface area contributed by atoms with Crippen LogP contribution in [0.5, 0.6) is 0 Å². The molecule has 7 heteroatoms. The first-order valence-electron chi connectivity index (χ1n) is 9.26. The van der Waals surface area contributed by atoms with Gasteiger partial charge in [0.15, 0.2) is 0 Å². The van der Waals surface area contributed by atoms with Crippen LogP contribution >= 0.6 is 0 Å². The van der Waals surface area contributed by atoms with Crippen LogP contribution in [0.3, 0.4) is 0 Å². The standard InChI is InChI=1S/C18H29N5O2/c1-4-15(22-7-9-25-10-8-22)11-19-18-16-5-6-23(14(3)24)12-17(16)20-13(2)21-18/h15H,4-12H2,1-3H3,(H,19,20,21)/t15-/m0/s1. The lowest BCUT2D eigenvalue weighted by Gasteiger charge is -2.34. The van der Waals surface area contributed by atoms with E-state index in [1.165, 1.54) is 5.56 Å². The zero-order valence-corrected chi connectivity index (χ0v) is 15.5. The summed E-state index contributed by atoms with van der Waals surface area (Å²) in [7, 11) is 0. The van der Waals surface area contributed by atoms with Crippen LogP contribution in [0.1, 0.15) is 37.4 Å². The van der Waals surface area contributed by atoms with Crippen molar-refractivity contribution >= 4 is 11.7 Å². The molecule has 1 fully saturated rings. The van der Waals surface area contributed by atoms with Gasteiger partial charge in [-0.05, 0) is 19.8 Å². The number of nitrogens with zero attached hydrogens (tertiary/aromatic N) is 4. The lowest BCUT2D eigenvalue weighted by atomic mass is 10.0. The lowest BCUT2D eigenvalue weighted by molar-refractivity contribution is -0.129. The van der Waals surface area contributed by atoms with Crippen LogP contribution in [0.2, 0.25) is 0 Å². The molecule has 0 aromatic carbocycles. The van der Waals surface area contributed by atoms with Crippen molar-refractivity contribution in [1.29, 1.82) is 0 Å². The third-order valence-electron chi connectivity index (χ3n) is 5.16. The fourth-order valence-electron chi connectivity index (χ4n) is 3.66. The quantitative estimate of drug-likeness (QED) is 0.863. The van der Waals surface area contributed by atoms with Gasteiger partial charge in [-0.25, -0.2) is 9.97 Å². The van der Waals surface area contributed by atoms with Gasteiger partial charge in [-0.15, -0.1) is 0 Å². The SMILES string of the molecule is CC[C@@H](CNc1nc(C)nc2c1CCN(C(C)=O)C2)N1CCOCC1. The van der Waals surface area contributed by atoms with Gasteiger partial charge >= 0.3 is 0 Å². The van der Waals surface area contributed by atoms with Crippen LogP contribution < -0.4 is 5.32 Å². The Morgan fingerprint density at radius 2 is 2.04 bits per heavy atom. The number of hydrogen-bond donors (Lipinski definition) is 1. The highest BCUT2D eigenvalue weighted by Gasteiger charge is 2.24. The summed E-state index contributed by atoms with van der Waals surface area (Å²) < 4.78 is 5.46. The van der Waals surface area contributed by atoms with Crippen LogP contribution in [0.25, 0.3) is 0 Å². The molecule has 1 atom stereocenters. The molecule has 2 aliphatic heterocycles. The molecule has 2 aliphatic rings. The maximum Gasteiger partial charge on any atom is 0.219 e. The number of carbonyl (C=O) groups is 1. The highest BCUT2D eigenvalue weighted by atomic mass is 16.5. The Kier molecular flexibility index (Phi) is 5.86. The Balaban J connectivity index is 1.71. The van der Waals surface area contributed by atoms with Crippen molar-refractivity contribution in [3.63, 3.8) is 0 Å². The highest BCUT2D eigenvalue weighted by Crippen LogP contribution is 2.24. The van der Waals surface area contributed by atoms with Crippen molar-refractivity contribution in [3.8, 4) is 0 Å². The number of carbonyl (C=O) groups excluding carboxylic acids is 1. The molecule has 25 heavy (non-hydrogen) atoms. The molecule has 7 nitrogen and oxygen atoms in total. The van der Waals surface area contributed by atoms with Crippen LogP contribution in [-0.2, 0) is 22.5 Å². The minimum Gasteiger partial charge on any atom is -0.379 e. The van der Waals surface area contributed by atoms with E-state index in [0.717, 1.165) is 69.6 Å². The summed E-state index contributed by atoms with van der Waals surface area (Å²) in [6, 6.07) is 0.479. The van der Waals surface area contributed by atoms with Crippen molar-refractivity contribution in [3.05, 3.63) is 17.1 Å². The molecule has 3 rings (SSSR count). The molecule has 0 saturated carbocycles. The van der Waals surface area contributed by atoms with E-state index in [-0.39, 0.29) is 5.91 Å². The molecular weight excluding hydrogens is 318 g/mol. The van der Waals surface area contributed by atoms with Gasteiger partial charge < -0.3 is 15.0 Å². The maximum absolute atomic E-state index is 11.7. The van der Waals surface area contributed by atoms with E-state index in [0.29, 0.717) is 12.6 Å². The summed E-state index contributed by atoms with van der Waals surface area (Å²) in [4.78, 5) is 25.2. The molecule has 1 saturated heterocycles. The molecule has 0 unspecified atom stereocenters. The van der Waals surface area contributed by atoms with E-state index in [2.05, 4.69) is 27.1 Å². The number of anilines is 1. The van der Waals surface area contributed by atoms with E-state index in [1.807, 2.05) is 11.8 Å². The summed E-state index contributed by atoms with van der Waals surface area (Å²) in [5.74, 6) is 1.80. The zero-order chi connectivity index (χ0) is 17.8. The number of rotatable bonds is 5. The Morgan fingerprint density at radius 1 is 1.28 bits per heavy atom. The Hall–Kier alpha value is -1.73. The van der Waals surface area contributed by atoms with Crippen molar-refractivity contribution in [2.75, 3.05) is 44.7 Å².